The highest BCUT2D eigenvalue weighted by atomic mass is 16.5. The van der Waals surface area contributed by atoms with E-state index in [1.165, 1.54) is 22.3 Å². The monoisotopic (exact) mass is 598 g/mol. The minimum Gasteiger partial charge on any atom is -0.497 e. The first kappa shape index (κ1) is 32.1. The molecule has 1 saturated carbocycles. The summed E-state index contributed by atoms with van der Waals surface area (Å²) in [5, 5.41) is 10.7. The molecule has 4 atom stereocenters. The largest absolute Gasteiger partial charge is 0.497 e. The minimum absolute atomic E-state index is 0.0507. The van der Waals surface area contributed by atoms with Crippen molar-refractivity contribution < 1.29 is 24.1 Å². The molecule has 0 aromatic heterocycles. The number of esters is 1. The Hall–Kier alpha value is -3.31. The number of hydrogen-bond acceptors (Lipinski definition) is 5. The van der Waals surface area contributed by atoms with Crippen molar-refractivity contribution in [2.24, 2.45) is 11.3 Å². The van der Waals surface area contributed by atoms with Gasteiger partial charge in [0.1, 0.15) is 30.8 Å². The van der Waals surface area contributed by atoms with E-state index in [2.05, 4.69) is 84.0 Å². The summed E-state index contributed by atoms with van der Waals surface area (Å²) >= 11 is 0. The topological polar surface area (TPSA) is 65.0 Å². The molecule has 0 amide bonds. The molecule has 0 bridgehead atoms. The molecule has 1 N–H and O–H groups in total. The van der Waals surface area contributed by atoms with Crippen LogP contribution >= 0.6 is 0 Å². The van der Waals surface area contributed by atoms with Gasteiger partial charge >= 0.3 is 5.97 Å². The molecule has 44 heavy (non-hydrogen) atoms. The Labute approximate surface area is 263 Å². The number of ether oxygens (including phenoxy) is 3. The highest BCUT2D eigenvalue weighted by Gasteiger charge is 2.55. The van der Waals surface area contributed by atoms with Gasteiger partial charge in [0.05, 0.1) is 12.5 Å². The Morgan fingerprint density at radius 2 is 1.57 bits per heavy atom. The lowest BCUT2D eigenvalue weighted by Crippen LogP contribution is -2.53. The average Bonchev–Trinajstić information content (AvgIpc) is 3.02. The van der Waals surface area contributed by atoms with Crippen LogP contribution in [0.4, 0.5) is 0 Å². The zero-order valence-corrected chi connectivity index (χ0v) is 27.6. The quantitative estimate of drug-likeness (QED) is 0.239. The summed E-state index contributed by atoms with van der Waals surface area (Å²) in [5.74, 6) is 2.02. The van der Waals surface area contributed by atoms with E-state index in [1.54, 1.807) is 7.11 Å². The molecule has 236 valence electrons. The predicted molar refractivity (Wildman–Crippen MR) is 176 cm³/mol. The van der Waals surface area contributed by atoms with E-state index in [0.717, 1.165) is 43.4 Å². The number of carbonyl (C=O) groups is 1. The van der Waals surface area contributed by atoms with Crippen LogP contribution in [0.5, 0.6) is 11.5 Å². The van der Waals surface area contributed by atoms with Crippen molar-refractivity contribution in [3.63, 3.8) is 0 Å². The lowest BCUT2D eigenvalue weighted by atomic mass is 9.49. The van der Waals surface area contributed by atoms with Crippen LogP contribution in [0.25, 0.3) is 0 Å². The average molecular weight is 599 g/mol. The van der Waals surface area contributed by atoms with Crippen LogP contribution in [0, 0.1) is 11.3 Å². The Balaban J connectivity index is 1.17. The van der Waals surface area contributed by atoms with Crippen LogP contribution in [-0.4, -0.2) is 37.5 Å². The molecular formula is C39H50O5. The molecule has 0 radical (unpaired) electrons. The number of rotatable bonds is 10. The summed E-state index contributed by atoms with van der Waals surface area (Å²) in [6, 6.07) is 23.1. The van der Waals surface area contributed by atoms with Gasteiger partial charge in [-0.05, 0) is 102 Å². The molecule has 5 heteroatoms. The summed E-state index contributed by atoms with van der Waals surface area (Å²) in [6.45, 7) is 13.3. The van der Waals surface area contributed by atoms with Crippen molar-refractivity contribution in [2.45, 2.75) is 96.5 Å². The fraction of sp³-hybridized carbons (Fsp3) is 0.513. The number of aryl methyl sites for hydroxylation is 1. The molecule has 0 aliphatic heterocycles. The van der Waals surface area contributed by atoms with Gasteiger partial charge in [0.25, 0.3) is 0 Å². The number of hydrogen-bond donors (Lipinski definition) is 1. The second-order valence-corrected chi connectivity index (χ2v) is 14.3. The molecule has 2 aliphatic carbocycles. The van der Waals surface area contributed by atoms with Gasteiger partial charge in [-0.3, -0.25) is 4.79 Å². The SMILES string of the molecule is COc1ccc(C(C)(C)c2ccc(OCC(O)COC(=O)C3(C)CCCC4(C)c5ccc(C(C)C)cc5CCC34)cc2)cc1. The molecule has 4 unspecified atom stereocenters. The Morgan fingerprint density at radius 1 is 0.932 bits per heavy atom. The second kappa shape index (κ2) is 12.6. The van der Waals surface area contributed by atoms with E-state index >= 15 is 0 Å². The Bertz CT molecular complexity index is 1440. The summed E-state index contributed by atoms with van der Waals surface area (Å²) < 4.78 is 17.0. The van der Waals surface area contributed by atoms with E-state index in [-0.39, 0.29) is 35.9 Å². The van der Waals surface area contributed by atoms with Gasteiger partial charge in [-0.1, -0.05) is 83.5 Å². The summed E-state index contributed by atoms with van der Waals surface area (Å²) in [4.78, 5) is 13.7. The van der Waals surface area contributed by atoms with Crippen LogP contribution < -0.4 is 9.47 Å². The summed E-state index contributed by atoms with van der Waals surface area (Å²) in [6.07, 6.45) is 3.95. The lowest BCUT2D eigenvalue weighted by molar-refractivity contribution is -0.168. The van der Waals surface area contributed by atoms with Gasteiger partial charge in [-0.2, -0.15) is 0 Å². The Morgan fingerprint density at radius 3 is 2.18 bits per heavy atom. The fourth-order valence-electron chi connectivity index (χ4n) is 7.83. The van der Waals surface area contributed by atoms with Crippen molar-refractivity contribution >= 4 is 5.97 Å². The molecule has 1 fully saturated rings. The molecule has 2 aliphatic rings. The van der Waals surface area contributed by atoms with E-state index in [4.69, 9.17) is 14.2 Å². The number of aliphatic hydroxyl groups is 1. The maximum Gasteiger partial charge on any atom is 0.312 e. The smallest absolute Gasteiger partial charge is 0.312 e. The molecular weight excluding hydrogens is 548 g/mol. The van der Waals surface area contributed by atoms with E-state index in [0.29, 0.717) is 11.7 Å². The third-order valence-electron chi connectivity index (χ3n) is 10.7. The Kier molecular flexibility index (Phi) is 9.18. The van der Waals surface area contributed by atoms with Gasteiger partial charge in [0.15, 0.2) is 0 Å². The van der Waals surface area contributed by atoms with E-state index < -0.39 is 11.5 Å². The third-order valence-corrected chi connectivity index (χ3v) is 10.7. The van der Waals surface area contributed by atoms with Gasteiger partial charge in [-0.15, -0.1) is 0 Å². The van der Waals surface area contributed by atoms with Gasteiger partial charge in [0, 0.05) is 5.41 Å². The van der Waals surface area contributed by atoms with E-state index in [1.807, 2.05) is 24.3 Å². The van der Waals surface area contributed by atoms with Crippen LogP contribution in [0.1, 0.15) is 101 Å². The second-order valence-electron chi connectivity index (χ2n) is 14.3. The molecule has 0 spiro atoms. The minimum atomic E-state index is -0.908. The van der Waals surface area contributed by atoms with Crippen LogP contribution in [0.15, 0.2) is 66.7 Å². The molecule has 3 aromatic carbocycles. The first-order valence-electron chi connectivity index (χ1n) is 16.2. The zero-order chi connectivity index (χ0) is 31.7. The van der Waals surface area contributed by atoms with Crippen molar-refractivity contribution in [3.8, 4) is 11.5 Å². The molecule has 3 aromatic rings. The van der Waals surface area contributed by atoms with Crippen molar-refractivity contribution in [1.82, 2.24) is 0 Å². The molecule has 0 heterocycles. The van der Waals surface area contributed by atoms with E-state index in [9.17, 15) is 9.90 Å². The first-order chi connectivity index (χ1) is 20.9. The zero-order valence-electron chi connectivity index (χ0n) is 27.6. The standard InChI is InChI=1S/C39H50O5/c1-26(2)27-9-19-34-28(23-27)10-20-35-38(34,5)21-8-22-39(35,6)36(41)44-25-31(40)24-43-33-17-13-30(14-18-33)37(3,4)29-11-15-32(42-7)16-12-29/h9,11-19,23,26,31,35,40H,8,10,20-22,24-25H2,1-7H3. The third kappa shape index (κ3) is 6.13. The van der Waals surface area contributed by atoms with Gasteiger partial charge < -0.3 is 19.3 Å². The highest BCUT2D eigenvalue weighted by Crippen LogP contribution is 2.57. The lowest BCUT2D eigenvalue weighted by Gasteiger charge is -2.54. The maximum absolute atomic E-state index is 13.7. The van der Waals surface area contributed by atoms with Gasteiger partial charge in [0.2, 0.25) is 0 Å². The van der Waals surface area contributed by atoms with Crippen molar-refractivity contribution in [2.75, 3.05) is 20.3 Å². The van der Waals surface area contributed by atoms with Gasteiger partial charge in [-0.25, -0.2) is 0 Å². The van der Waals surface area contributed by atoms with Crippen molar-refractivity contribution in [1.29, 1.82) is 0 Å². The molecule has 5 rings (SSSR count). The van der Waals surface area contributed by atoms with Crippen LogP contribution in [-0.2, 0) is 26.8 Å². The fourth-order valence-corrected chi connectivity index (χ4v) is 7.83. The highest BCUT2D eigenvalue weighted by molar-refractivity contribution is 5.77. The first-order valence-corrected chi connectivity index (χ1v) is 16.2. The van der Waals surface area contributed by atoms with Crippen LogP contribution in [0.2, 0.25) is 0 Å². The number of carbonyl (C=O) groups excluding carboxylic acids is 1. The van der Waals surface area contributed by atoms with Crippen molar-refractivity contribution in [3.05, 3.63) is 94.5 Å². The maximum atomic E-state index is 13.7. The molecule has 5 nitrogen and oxygen atoms in total. The number of methoxy groups -OCH3 is 1. The number of benzene rings is 3. The summed E-state index contributed by atoms with van der Waals surface area (Å²) in [7, 11) is 1.67. The van der Waals surface area contributed by atoms with Crippen LogP contribution in [0.3, 0.4) is 0 Å². The number of fused-ring (bicyclic) bond motifs is 3. The summed E-state index contributed by atoms with van der Waals surface area (Å²) in [5.41, 5.74) is 5.76. The predicted octanol–water partition coefficient (Wildman–Crippen LogP) is 8.14. The normalized spacial score (nSPS) is 23.8. The molecule has 0 saturated heterocycles. The number of aliphatic hydroxyl groups excluding tert-OH is 1.